The van der Waals surface area contributed by atoms with Crippen LogP contribution in [0.25, 0.3) is 10.1 Å². The Morgan fingerprint density at radius 1 is 1.07 bits per heavy atom. The average molecular weight is 482 g/mol. The number of nitrogens with one attached hydrogen (secondary N) is 2. The Hall–Kier alpha value is -2.42. The molecule has 3 rings (SSSR count). The highest BCUT2D eigenvalue weighted by Crippen LogP contribution is 2.34. The number of para-hydroxylation sites is 1. The molecule has 0 fully saturated rings. The number of fused-ring (bicyclic) bond motifs is 1. The Bertz CT molecular complexity index is 1050. The minimum Gasteiger partial charge on any atom is -0.454 e. The maximum absolute atomic E-state index is 12.3. The predicted octanol–water partition coefficient (Wildman–Crippen LogP) is 4.23. The number of esters is 1. The van der Waals surface area contributed by atoms with E-state index >= 15 is 0 Å². The molecule has 3 aromatic rings. The van der Waals surface area contributed by atoms with Crippen LogP contribution in [0.4, 0.5) is 5.69 Å². The molecule has 28 heavy (non-hydrogen) atoms. The van der Waals surface area contributed by atoms with Crippen LogP contribution in [0, 0.1) is 0 Å². The molecule has 0 bridgehead atoms. The van der Waals surface area contributed by atoms with Crippen LogP contribution in [-0.2, 0) is 14.3 Å². The van der Waals surface area contributed by atoms with E-state index in [0.29, 0.717) is 20.1 Å². The average Bonchev–Trinajstić information content (AvgIpc) is 3.03. The Labute approximate surface area is 178 Å². The summed E-state index contributed by atoms with van der Waals surface area (Å²) in [7, 11) is 0. The number of benzene rings is 2. The fraction of sp³-hybridized carbons (Fsp3) is 0.105. The van der Waals surface area contributed by atoms with E-state index in [-0.39, 0.29) is 6.54 Å². The molecular formula is C19H14BrClN2O4S. The quantitative estimate of drug-likeness (QED) is 0.516. The van der Waals surface area contributed by atoms with Gasteiger partial charge in [0.15, 0.2) is 6.61 Å². The van der Waals surface area contributed by atoms with Crippen LogP contribution in [0.15, 0.2) is 53.0 Å². The molecule has 0 aliphatic carbocycles. The molecule has 2 amide bonds. The molecule has 0 atom stereocenters. The minimum atomic E-state index is -0.729. The lowest BCUT2D eigenvalue weighted by molar-refractivity contribution is -0.146. The number of halogens is 2. The van der Waals surface area contributed by atoms with Gasteiger partial charge in [0.25, 0.3) is 11.8 Å². The van der Waals surface area contributed by atoms with E-state index in [0.717, 1.165) is 10.1 Å². The molecule has 6 nitrogen and oxygen atoms in total. The lowest BCUT2D eigenvalue weighted by Crippen LogP contribution is -2.32. The van der Waals surface area contributed by atoms with Crippen LogP contribution in [0.3, 0.4) is 0 Å². The zero-order chi connectivity index (χ0) is 20.1. The first-order chi connectivity index (χ1) is 13.5. The van der Waals surface area contributed by atoms with Crippen LogP contribution < -0.4 is 10.6 Å². The van der Waals surface area contributed by atoms with E-state index < -0.39 is 24.4 Å². The SMILES string of the molecule is O=C(COC(=O)CNC(=O)c1sc2ccccc2c1Cl)Nc1ccccc1Br. The van der Waals surface area contributed by atoms with Crippen molar-refractivity contribution in [3.05, 3.63) is 62.9 Å². The minimum absolute atomic E-state index is 0.322. The fourth-order valence-electron chi connectivity index (χ4n) is 2.34. The topological polar surface area (TPSA) is 84.5 Å². The molecule has 0 saturated heterocycles. The van der Waals surface area contributed by atoms with Gasteiger partial charge in [-0.1, -0.05) is 41.9 Å². The summed E-state index contributed by atoms with van der Waals surface area (Å²) in [6.07, 6.45) is 0. The third-order valence-electron chi connectivity index (χ3n) is 3.65. The second-order valence-corrected chi connectivity index (χ2v) is 7.90. The van der Waals surface area contributed by atoms with Gasteiger partial charge < -0.3 is 15.4 Å². The van der Waals surface area contributed by atoms with E-state index in [1.54, 1.807) is 18.2 Å². The summed E-state index contributed by atoms with van der Waals surface area (Å²) in [6, 6.07) is 14.4. The van der Waals surface area contributed by atoms with E-state index in [4.69, 9.17) is 16.3 Å². The highest BCUT2D eigenvalue weighted by Gasteiger charge is 2.18. The predicted molar refractivity (Wildman–Crippen MR) is 113 cm³/mol. The van der Waals surface area contributed by atoms with Gasteiger partial charge in [0.1, 0.15) is 11.4 Å². The van der Waals surface area contributed by atoms with E-state index in [2.05, 4.69) is 26.6 Å². The number of carbonyl (C=O) groups excluding carboxylic acids is 3. The van der Waals surface area contributed by atoms with Gasteiger partial charge in [-0.15, -0.1) is 11.3 Å². The Balaban J connectivity index is 1.48. The van der Waals surface area contributed by atoms with Crippen molar-refractivity contribution < 1.29 is 19.1 Å². The lowest BCUT2D eigenvalue weighted by atomic mass is 10.2. The molecule has 9 heteroatoms. The van der Waals surface area contributed by atoms with Gasteiger partial charge in [0.05, 0.1) is 10.7 Å². The third-order valence-corrected chi connectivity index (χ3v) is 6.01. The maximum atomic E-state index is 12.3. The molecule has 1 aromatic heterocycles. The van der Waals surface area contributed by atoms with Crippen LogP contribution in [0.2, 0.25) is 5.02 Å². The number of rotatable bonds is 6. The van der Waals surface area contributed by atoms with Crippen LogP contribution in [-0.4, -0.2) is 30.9 Å². The van der Waals surface area contributed by atoms with Crippen LogP contribution in [0.5, 0.6) is 0 Å². The molecule has 0 saturated carbocycles. The number of hydrogen-bond donors (Lipinski definition) is 2. The van der Waals surface area contributed by atoms with Crippen LogP contribution in [0.1, 0.15) is 9.67 Å². The highest BCUT2D eigenvalue weighted by molar-refractivity contribution is 9.10. The van der Waals surface area contributed by atoms with Gasteiger partial charge in [-0.2, -0.15) is 0 Å². The molecule has 0 spiro atoms. The van der Waals surface area contributed by atoms with Crippen molar-refractivity contribution in [2.75, 3.05) is 18.5 Å². The summed E-state index contributed by atoms with van der Waals surface area (Å²) >= 11 is 10.8. The van der Waals surface area contributed by atoms with Gasteiger partial charge in [0.2, 0.25) is 0 Å². The summed E-state index contributed by atoms with van der Waals surface area (Å²) < 4.78 is 6.47. The molecule has 0 aliphatic rings. The van der Waals surface area contributed by atoms with Gasteiger partial charge >= 0.3 is 5.97 Å². The Morgan fingerprint density at radius 2 is 1.79 bits per heavy atom. The van der Waals surface area contributed by atoms with E-state index in [9.17, 15) is 14.4 Å². The Kier molecular flexibility index (Phi) is 6.66. The summed E-state index contributed by atoms with van der Waals surface area (Å²) in [4.78, 5) is 36.3. The zero-order valence-electron chi connectivity index (χ0n) is 14.3. The van der Waals surface area contributed by atoms with Gasteiger partial charge in [-0.05, 0) is 34.1 Å². The van der Waals surface area contributed by atoms with Crippen molar-refractivity contribution in [3.63, 3.8) is 0 Å². The summed E-state index contributed by atoms with van der Waals surface area (Å²) in [5.41, 5.74) is 0.566. The number of anilines is 1. The van der Waals surface area contributed by atoms with Crippen LogP contribution >= 0.6 is 38.9 Å². The first kappa shape index (κ1) is 20.3. The third kappa shape index (κ3) is 4.89. The number of ether oxygens (including phenoxy) is 1. The van der Waals surface area contributed by atoms with Crippen molar-refractivity contribution >= 4 is 72.4 Å². The normalized spacial score (nSPS) is 10.5. The second-order valence-electron chi connectivity index (χ2n) is 5.61. The monoisotopic (exact) mass is 480 g/mol. The molecule has 0 radical (unpaired) electrons. The smallest absolute Gasteiger partial charge is 0.325 e. The van der Waals surface area contributed by atoms with E-state index in [1.165, 1.54) is 11.3 Å². The number of carbonyl (C=O) groups is 3. The molecule has 0 aliphatic heterocycles. The molecule has 2 aromatic carbocycles. The van der Waals surface area contributed by atoms with Crippen molar-refractivity contribution in [2.24, 2.45) is 0 Å². The first-order valence-corrected chi connectivity index (χ1v) is 10.1. The molecule has 1 heterocycles. The molecule has 2 N–H and O–H groups in total. The summed E-state index contributed by atoms with van der Waals surface area (Å²) in [5, 5.41) is 6.20. The Morgan fingerprint density at radius 3 is 2.54 bits per heavy atom. The number of amides is 2. The molecule has 144 valence electrons. The number of thiophene rings is 1. The van der Waals surface area contributed by atoms with Gasteiger partial charge in [-0.25, -0.2) is 0 Å². The molecule has 0 unspecified atom stereocenters. The van der Waals surface area contributed by atoms with Gasteiger partial charge in [-0.3, -0.25) is 14.4 Å². The van der Waals surface area contributed by atoms with Crippen molar-refractivity contribution in [1.82, 2.24) is 5.32 Å². The maximum Gasteiger partial charge on any atom is 0.325 e. The zero-order valence-corrected chi connectivity index (χ0v) is 17.5. The summed E-state index contributed by atoms with van der Waals surface area (Å²) in [5.74, 6) is -1.69. The highest BCUT2D eigenvalue weighted by atomic mass is 79.9. The van der Waals surface area contributed by atoms with E-state index in [1.807, 2.05) is 30.3 Å². The van der Waals surface area contributed by atoms with Crippen molar-refractivity contribution in [3.8, 4) is 0 Å². The standard InChI is InChI=1S/C19H14BrClN2O4S/c20-12-6-2-3-7-13(12)23-15(24)10-27-16(25)9-22-19(26)18-17(21)11-5-1-4-8-14(11)28-18/h1-8H,9-10H2,(H,22,26)(H,23,24). The summed E-state index contributed by atoms with van der Waals surface area (Å²) in [6.45, 7) is -0.828. The second kappa shape index (κ2) is 9.18. The first-order valence-electron chi connectivity index (χ1n) is 8.11. The largest absolute Gasteiger partial charge is 0.454 e. The van der Waals surface area contributed by atoms with Crippen molar-refractivity contribution in [2.45, 2.75) is 0 Å². The fourth-order valence-corrected chi connectivity index (χ4v) is 4.16. The van der Waals surface area contributed by atoms with Gasteiger partial charge in [0, 0.05) is 14.6 Å². The molecular weight excluding hydrogens is 468 g/mol. The van der Waals surface area contributed by atoms with Crippen molar-refractivity contribution in [1.29, 1.82) is 0 Å². The number of hydrogen-bond acceptors (Lipinski definition) is 5. The lowest BCUT2D eigenvalue weighted by Gasteiger charge is -2.08.